The van der Waals surface area contributed by atoms with E-state index in [1.807, 2.05) is 54.8 Å². The van der Waals surface area contributed by atoms with E-state index in [9.17, 15) is 4.79 Å². The van der Waals surface area contributed by atoms with Gasteiger partial charge in [-0.1, -0.05) is 30.3 Å². The van der Waals surface area contributed by atoms with Gasteiger partial charge in [-0.05, 0) is 24.6 Å². The van der Waals surface area contributed by atoms with Crippen molar-refractivity contribution in [1.29, 1.82) is 0 Å². The standard InChI is InChI=1S/C18H17N3OS/c1-2-21(12-14-7-4-3-5-8-14)18(22)16-13-23-17(20-16)15-9-6-10-19-11-15/h3-11,13H,2,12H2,1H3. The molecule has 0 spiro atoms. The molecule has 4 nitrogen and oxygen atoms in total. The second-order valence-corrected chi connectivity index (χ2v) is 5.94. The second-order valence-electron chi connectivity index (χ2n) is 5.08. The molecule has 3 rings (SSSR count). The Morgan fingerprint density at radius 1 is 1.17 bits per heavy atom. The van der Waals surface area contributed by atoms with Gasteiger partial charge in [-0.2, -0.15) is 0 Å². The first-order valence-electron chi connectivity index (χ1n) is 7.47. The Morgan fingerprint density at radius 2 is 2.00 bits per heavy atom. The van der Waals surface area contributed by atoms with Crippen LogP contribution in [0.3, 0.4) is 0 Å². The monoisotopic (exact) mass is 323 g/mol. The van der Waals surface area contributed by atoms with Crippen LogP contribution in [0, 0.1) is 0 Å². The Labute approximate surface area is 139 Å². The predicted octanol–water partition coefficient (Wildman–Crippen LogP) is 3.87. The number of benzene rings is 1. The summed E-state index contributed by atoms with van der Waals surface area (Å²) >= 11 is 1.47. The van der Waals surface area contributed by atoms with Crippen LogP contribution in [0.4, 0.5) is 0 Å². The summed E-state index contributed by atoms with van der Waals surface area (Å²) in [6, 6.07) is 13.8. The summed E-state index contributed by atoms with van der Waals surface area (Å²) in [5.41, 5.74) is 2.54. The Bertz CT molecular complexity index is 771. The summed E-state index contributed by atoms with van der Waals surface area (Å²) in [6.07, 6.45) is 3.48. The number of hydrogen-bond donors (Lipinski definition) is 0. The fourth-order valence-electron chi connectivity index (χ4n) is 2.29. The Morgan fingerprint density at radius 3 is 2.70 bits per heavy atom. The van der Waals surface area contributed by atoms with Crippen molar-refractivity contribution in [2.75, 3.05) is 6.54 Å². The first-order valence-corrected chi connectivity index (χ1v) is 8.35. The maximum absolute atomic E-state index is 12.7. The van der Waals surface area contributed by atoms with Crippen molar-refractivity contribution in [3.05, 3.63) is 71.5 Å². The molecule has 0 unspecified atom stereocenters. The predicted molar refractivity (Wildman–Crippen MR) is 92.2 cm³/mol. The minimum atomic E-state index is -0.0391. The van der Waals surface area contributed by atoms with Gasteiger partial charge >= 0.3 is 0 Å². The van der Waals surface area contributed by atoms with Gasteiger partial charge in [-0.3, -0.25) is 9.78 Å². The SMILES string of the molecule is CCN(Cc1ccccc1)C(=O)c1csc(-c2cccnc2)n1. The van der Waals surface area contributed by atoms with Gasteiger partial charge in [0.2, 0.25) is 0 Å². The van der Waals surface area contributed by atoms with E-state index in [1.165, 1.54) is 11.3 Å². The molecular formula is C18H17N3OS. The molecule has 2 aromatic heterocycles. The minimum absolute atomic E-state index is 0.0391. The lowest BCUT2D eigenvalue weighted by molar-refractivity contribution is 0.0747. The summed E-state index contributed by atoms with van der Waals surface area (Å²) in [4.78, 5) is 23.1. The van der Waals surface area contributed by atoms with Crippen LogP contribution in [-0.2, 0) is 6.54 Å². The van der Waals surface area contributed by atoms with Crippen LogP contribution in [0.25, 0.3) is 10.6 Å². The van der Waals surface area contributed by atoms with Gasteiger partial charge in [0, 0.05) is 36.4 Å². The molecule has 0 atom stereocenters. The lowest BCUT2D eigenvalue weighted by Gasteiger charge is -2.19. The highest BCUT2D eigenvalue weighted by Crippen LogP contribution is 2.23. The summed E-state index contributed by atoms with van der Waals surface area (Å²) in [5.74, 6) is -0.0391. The van der Waals surface area contributed by atoms with E-state index in [2.05, 4.69) is 9.97 Å². The zero-order chi connectivity index (χ0) is 16.1. The third-order valence-electron chi connectivity index (χ3n) is 3.52. The van der Waals surface area contributed by atoms with Crippen LogP contribution in [0.15, 0.2) is 60.2 Å². The number of aromatic nitrogens is 2. The summed E-state index contributed by atoms with van der Waals surface area (Å²) in [6.45, 7) is 3.22. The van der Waals surface area contributed by atoms with Crippen molar-refractivity contribution in [2.24, 2.45) is 0 Å². The molecule has 5 heteroatoms. The van der Waals surface area contributed by atoms with Gasteiger partial charge in [0.25, 0.3) is 5.91 Å². The molecule has 3 aromatic rings. The van der Waals surface area contributed by atoms with E-state index in [1.54, 1.807) is 17.3 Å². The first kappa shape index (κ1) is 15.4. The van der Waals surface area contributed by atoms with Crippen molar-refractivity contribution in [2.45, 2.75) is 13.5 Å². The van der Waals surface area contributed by atoms with E-state index < -0.39 is 0 Å². The third kappa shape index (κ3) is 3.63. The molecule has 0 saturated heterocycles. The van der Waals surface area contributed by atoms with Crippen molar-refractivity contribution >= 4 is 17.2 Å². The number of carbonyl (C=O) groups excluding carboxylic acids is 1. The molecule has 0 bridgehead atoms. The normalized spacial score (nSPS) is 10.5. The highest BCUT2D eigenvalue weighted by Gasteiger charge is 2.18. The van der Waals surface area contributed by atoms with Crippen LogP contribution in [0.2, 0.25) is 0 Å². The molecular weight excluding hydrogens is 306 g/mol. The fraction of sp³-hybridized carbons (Fsp3) is 0.167. The lowest BCUT2D eigenvalue weighted by atomic mass is 10.2. The number of nitrogens with zero attached hydrogens (tertiary/aromatic N) is 3. The zero-order valence-electron chi connectivity index (χ0n) is 12.8. The van der Waals surface area contributed by atoms with E-state index in [0.717, 1.165) is 16.1 Å². The molecule has 0 aliphatic heterocycles. The van der Waals surface area contributed by atoms with Crippen LogP contribution < -0.4 is 0 Å². The van der Waals surface area contributed by atoms with Crippen molar-refractivity contribution in [1.82, 2.24) is 14.9 Å². The van der Waals surface area contributed by atoms with Crippen LogP contribution in [0.1, 0.15) is 23.0 Å². The molecule has 1 amide bonds. The average molecular weight is 323 g/mol. The third-order valence-corrected chi connectivity index (χ3v) is 4.41. The maximum Gasteiger partial charge on any atom is 0.273 e. The Kier molecular flexibility index (Phi) is 4.78. The number of rotatable bonds is 5. The number of hydrogen-bond acceptors (Lipinski definition) is 4. The van der Waals surface area contributed by atoms with Crippen molar-refractivity contribution in [3.63, 3.8) is 0 Å². The Balaban J connectivity index is 1.78. The molecule has 0 radical (unpaired) electrons. The topological polar surface area (TPSA) is 46.1 Å². The van der Waals surface area contributed by atoms with Crippen LogP contribution in [-0.4, -0.2) is 27.3 Å². The van der Waals surface area contributed by atoms with Crippen molar-refractivity contribution in [3.8, 4) is 10.6 Å². The van der Waals surface area contributed by atoms with Crippen LogP contribution in [0.5, 0.6) is 0 Å². The molecule has 2 heterocycles. The average Bonchev–Trinajstić information content (AvgIpc) is 3.11. The number of carbonyl (C=O) groups is 1. The molecule has 0 saturated carbocycles. The van der Waals surface area contributed by atoms with E-state index in [4.69, 9.17) is 0 Å². The highest BCUT2D eigenvalue weighted by atomic mass is 32.1. The van der Waals surface area contributed by atoms with Crippen molar-refractivity contribution < 1.29 is 4.79 Å². The van der Waals surface area contributed by atoms with Gasteiger partial charge in [0.1, 0.15) is 10.7 Å². The van der Waals surface area contributed by atoms with Crippen LogP contribution >= 0.6 is 11.3 Å². The second kappa shape index (κ2) is 7.15. The zero-order valence-corrected chi connectivity index (χ0v) is 13.7. The minimum Gasteiger partial charge on any atom is -0.333 e. The quantitative estimate of drug-likeness (QED) is 0.716. The lowest BCUT2D eigenvalue weighted by Crippen LogP contribution is -2.30. The largest absolute Gasteiger partial charge is 0.333 e. The van der Waals surface area contributed by atoms with E-state index >= 15 is 0 Å². The summed E-state index contributed by atoms with van der Waals surface area (Å²) in [7, 11) is 0. The van der Waals surface area contributed by atoms with Gasteiger partial charge < -0.3 is 4.90 Å². The molecule has 116 valence electrons. The molecule has 0 N–H and O–H groups in total. The smallest absolute Gasteiger partial charge is 0.273 e. The summed E-state index contributed by atoms with van der Waals surface area (Å²) < 4.78 is 0. The molecule has 23 heavy (non-hydrogen) atoms. The van der Waals surface area contributed by atoms with E-state index in [0.29, 0.717) is 18.8 Å². The number of pyridine rings is 1. The molecule has 1 aromatic carbocycles. The maximum atomic E-state index is 12.7. The number of thiazole rings is 1. The van der Waals surface area contributed by atoms with Gasteiger partial charge in [-0.15, -0.1) is 11.3 Å². The fourth-order valence-corrected chi connectivity index (χ4v) is 3.07. The Hall–Kier alpha value is -2.53. The first-order chi connectivity index (χ1) is 11.3. The highest BCUT2D eigenvalue weighted by molar-refractivity contribution is 7.13. The summed E-state index contributed by atoms with van der Waals surface area (Å²) in [5, 5.41) is 2.63. The van der Waals surface area contributed by atoms with Gasteiger partial charge in [-0.25, -0.2) is 4.98 Å². The van der Waals surface area contributed by atoms with Gasteiger partial charge in [0.05, 0.1) is 0 Å². The molecule has 0 fully saturated rings. The van der Waals surface area contributed by atoms with Gasteiger partial charge in [0.15, 0.2) is 0 Å². The van der Waals surface area contributed by atoms with E-state index in [-0.39, 0.29) is 5.91 Å². The molecule has 0 aliphatic rings. The molecule has 0 aliphatic carbocycles. The number of amides is 1.